The minimum atomic E-state index is -3.88. The number of nitrogens with zero attached hydrogens (tertiary/aromatic N) is 2. The monoisotopic (exact) mass is 613 g/mol. The molecule has 10 nitrogen and oxygen atoms in total. The Morgan fingerprint density at radius 1 is 1.10 bits per heavy atom. The Kier molecular flexibility index (Phi) is 9.89. The maximum Gasteiger partial charge on any atom is 0.319 e. The number of sulfonamides is 1. The second-order valence-electron chi connectivity index (χ2n) is 9.29. The summed E-state index contributed by atoms with van der Waals surface area (Å²) in [5.41, 5.74) is 0.555. The summed E-state index contributed by atoms with van der Waals surface area (Å²) >= 11 is 13.1. The number of thiophene rings is 1. The van der Waals surface area contributed by atoms with Gasteiger partial charge < -0.3 is 20.4 Å². The summed E-state index contributed by atoms with van der Waals surface area (Å²) in [5.74, 6) is -0.665. The van der Waals surface area contributed by atoms with Gasteiger partial charge in [0.2, 0.25) is 21.8 Å². The van der Waals surface area contributed by atoms with Crippen LogP contribution in [0.1, 0.15) is 30.6 Å². The average Bonchev–Trinajstić information content (AvgIpc) is 3.53. The van der Waals surface area contributed by atoms with Gasteiger partial charge in [0.25, 0.3) is 0 Å². The summed E-state index contributed by atoms with van der Waals surface area (Å²) in [6.45, 7) is 1.00. The van der Waals surface area contributed by atoms with E-state index in [1.165, 1.54) is 22.3 Å². The maximum absolute atomic E-state index is 13.1. The van der Waals surface area contributed by atoms with Crippen LogP contribution < -0.4 is 15.4 Å². The normalized spacial score (nSPS) is 20.0. The van der Waals surface area contributed by atoms with Gasteiger partial charge >= 0.3 is 6.03 Å². The molecule has 39 heavy (non-hydrogen) atoms. The summed E-state index contributed by atoms with van der Waals surface area (Å²) in [5, 5.41) is 7.01. The third kappa shape index (κ3) is 8.42. The highest BCUT2D eigenvalue weighted by Gasteiger charge is 2.35. The van der Waals surface area contributed by atoms with Crippen LogP contribution >= 0.6 is 34.5 Å². The molecule has 14 heteroatoms. The Bertz CT molecular complexity index is 1350. The lowest BCUT2D eigenvalue weighted by molar-refractivity contribution is -0.143. The molecule has 3 N–H and O–H groups in total. The molecule has 2 aliphatic heterocycles. The molecule has 4 rings (SSSR count). The van der Waals surface area contributed by atoms with Crippen LogP contribution in [0.5, 0.6) is 0 Å². The Hall–Kier alpha value is -2.64. The smallest absolute Gasteiger partial charge is 0.319 e. The van der Waals surface area contributed by atoms with E-state index in [1.807, 2.05) is 0 Å². The fourth-order valence-electron chi connectivity index (χ4n) is 4.60. The highest BCUT2D eigenvalue weighted by Crippen LogP contribution is 2.23. The molecule has 4 amide bonds. The van der Waals surface area contributed by atoms with Crippen molar-refractivity contribution in [1.82, 2.24) is 19.8 Å². The molecule has 2 fully saturated rings. The van der Waals surface area contributed by atoms with E-state index < -0.39 is 28.0 Å². The van der Waals surface area contributed by atoms with Gasteiger partial charge in [0, 0.05) is 46.7 Å². The molecule has 1 aromatic heterocycles. The Morgan fingerprint density at radius 2 is 1.90 bits per heavy atom. The van der Waals surface area contributed by atoms with Crippen molar-refractivity contribution in [2.45, 2.75) is 37.8 Å². The van der Waals surface area contributed by atoms with Crippen molar-refractivity contribution in [2.24, 2.45) is 0 Å². The van der Waals surface area contributed by atoms with Crippen molar-refractivity contribution >= 4 is 74.2 Å². The predicted molar refractivity (Wildman–Crippen MR) is 153 cm³/mol. The highest BCUT2D eigenvalue weighted by molar-refractivity contribution is 7.92. The molecule has 1 aromatic carbocycles. The van der Waals surface area contributed by atoms with Crippen LogP contribution in [0.4, 0.5) is 10.5 Å². The fourth-order valence-corrected chi connectivity index (χ4v) is 6.86. The lowest BCUT2D eigenvalue weighted by Gasteiger charge is -2.34. The minimum Gasteiger partial charge on any atom is -0.336 e. The molecule has 3 heterocycles. The van der Waals surface area contributed by atoms with Crippen LogP contribution in [0, 0.1) is 0 Å². The van der Waals surface area contributed by atoms with Crippen LogP contribution in [-0.4, -0.2) is 74.3 Å². The summed E-state index contributed by atoms with van der Waals surface area (Å²) in [6.07, 6.45) is 3.84. The molecule has 0 unspecified atom stereocenters. The number of nitrogens with one attached hydrogen (secondary N) is 3. The number of likely N-dealkylation sites (tertiary alicyclic amines) is 2. The maximum atomic E-state index is 13.1. The van der Waals surface area contributed by atoms with Crippen LogP contribution in [0.25, 0.3) is 6.08 Å². The second-order valence-corrected chi connectivity index (χ2v) is 13.1. The molecule has 0 bridgehead atoms. The van der Waals surface area contributed by atoms with Crippen molar-refractivity contribution in [3.05, 3.63) is 56.0 Å². The van der Waals surface area contributed by atoms with Crippen molar-refractivity contribution in [1.29, 1.82) is 0 Å². The minimum absolute atomic E-state index is 0.147. The number of amides is 4. The molecule has 0 radical (unpaired) electrons. The van der Waals surface area contributed by atoms with E-state index in [4.69, 9.17) is 23.2 Å². The SMILES string of the molecule is O=C(NC[C@H]1CCCN1C(=O)CN1CCC[C@H](NS(=O)(=O)C=Cc2ccc(Cl)s2)C1=O)Nc1cccc(Cl)c1. The van der Waals surface area contributed by atoms with Crippen LogP contribution in [0.3, 0.4) is 0 Å². The summed E-state index contributed by atoms with van der Waals surface area (Å²) in [4.78, 5) is 42.2. The number of rotatable bonds is 9. The standard InChI is InChI=1S/C25H29Cl2N5O5S2/c26-17-4-1-5-18(14-17)29-25(35)28-15-19-6-2-12-32(19)23(33)16-31-11-3-7-21(24(31)34)30-39(36,37)13-10-20-8-9-22(27)38-20/h1,4-5,8-10,13-14,19,21,30H,2-3,6-7,11-12,15-16H2,(H2,28,29,35)/t19-,21+/m1/s1. The molecule has 2 aliphatic rings. The second kappa shape index (κ2) is 13.1. The first-order valence-electron chi connectivity index (χ1n) is 12.4. The van der Waals surface area contributed by atoms with Gasteiger partial charge in [-0.15, -0.1) is 11.3 Å². The van der Waals surface area contributed by atoms with E-state index in [0.29, 0.717) is 45.9 Å². The first-order valence-corrected chi connectivity index (χ1v) is 15.6. The quantitative estimate of drug-likeness (QED) is 0.397. The van der Waals surface area contributed by atoms with E-state index in [-0.39, 0.29) is 25.0 Å². The highest BCUT2D eigenvalue weighted by atomic mass is 35.5. The molecule has 0 spiro atoms. The van der Waals surface area contributed by atoms with Crippen LogP contribution in [0.2, 0.25) is 9.36 Å². The Labute approximate surface area is 241 Å². The van der Waals surface area contributed by atoms with Gasteiger partial charge in [-0.1, -0.05) is 29.3 Å². The number of benzene rings is 1. The molecule has 2 aromatic rings. The average molecular weight is 615 g/mol. The molecular weight excluding hydrogens is 585 g/mol. The zero-order valence-corrected chi connectivity index (χ0v) is 24.1. The number of urea groups is 1. The first kappa shape index (κ1) is 29.3. The summed E-state index contributed by atoms with van der Waals surface area (Å²) in [7, 11) is -3.88. The lowest BCUT2D eigenvalue weighted by Crippen LogP contribution is -2.55. The Morgan fingerprint density at radius 3 is 2.64 bits per heavy atom. The molecule has 2 saturated heterocycles. The first-order chi connectivity index (χ1) is 18.6. The van der Waals surface area contributed by atoms with Gasteiger partial charge in [-0.3, -0.25) is 9.59 Å². The summed E-state index contributed by atoms with van der Waals surface area (Å²) in [6, 6.07) is 8.60. The van der Waals surface area contributed by atoms with Crippen LogP contribution in [0.15, 0.2) is 41.8 Å². The van der Waals surface area contributed by atoms with Gasteiger partial charge in [-0.05, 0) is 62.1 Å². The molecule has 0 aliphatic carbocycles. The number of carbonyl (C=O) groups excluding carboxylic acids is 3. The molecule has 210 valence electrons. The van der Waals surface area contributed by atoms with Gasteiger partial charge in [0.1, 0.15) is 6.04 Å². The zero-order valence-electron chi connectivity index (χ0n) is 20.9. The lowest BCUT2D eigenvalue weighted by atomic mass is 10.1. The van der Waals surface area contributed by atoms with Gasteiger partial charge in [-0.2, -0.15) is 4.72 Å². The number of piperidine rings is 1. The van der Waals surface area contributed by atoms with Gasteiger partial charge in [0.15, 0.2) is 0 Å². The van der Waals surface area contributed by atoms with Gasteiger partial charge in [-0.25, -0.2) is 13.2 Å². The van der Waals surface area contributed by atoms with Crippen molar-refractivity contribution in [3.8, 4) is 0 Å². The van der Waals surface area contributed by atoms with Crippen LogP contribution in [-0.2, 0) is 19.6 Å². The Balaban J connectivity index is 1.28. The van der Waals surface area contributed by atoms with Crippen molar-refractivity contribution in [3.63, 3.8) is 0 Å². The number of hydrogen-bond acceptors (Lipinski definition) is 6. The predicted octanol–water partition coefficient (Wildman–Crippen LogP) is 3.75. The van der Waals surface area contributed by atoms with Gasteiger partial charge in [0.05, 0.1) is 10.9 Å². The van der Waals surface area contributed by atoms with Crippen molar-refractivity contribution in [2.75, 3.05) is 31.5 Å². The molecule has 0 saturated carbocycles. The molecular formula is C25H29Cl2N5O5S2. The fraction of sp³-hybridized carbons (Fsp3) is 0.400. The molecule has 2 atom stereocenters. The number of carbonyl (C=O) groups is 3. The third-order valence-electron chi connectivity index (χ3n) is 6.45. The number of anilines is 1. The number of hydrogen-bond donors (Lipinski definition) is 3. The van der Waals surface area contributed by atoms with E-state index >= 15 is 0 Å². The van der Waals surface area contributed by atoms with E-state index in [1.54, 1.807) is 41.3 Å². The summed E-state index contributed by atoms with van der Waals surface area (Å²) < 4.78 is 28.1. The van der Waals surface area contributed by atoms with E-state index in [2.05, 4.69) is 15.4 Å². The largest absolute Gasteiger partial charge is 0.336 e. The van der Waals surface area contributed by atoms with Crippen molar-refractivity contribution < 1.29 is 22.8 Å². The number of halogens is 2. The third-order valence-corrected chi connectivity index (χ3v) is 8.99. The van der Waals surface area contributed by atoms with E-state index in [0.717, 1.165) is 18.2 Å². The van der Waals surface area contributed by atoms with E-state index in [9.17, 15) is 22.8 Å². The zero-order chi connectivity index (χ0) is 28.0. The topological polar surface area (TPSA) is 128 Å².